The lowest BCUT2D eigenvalue weighted by Crippen LogP contribution is -2.04. The molecular weight excluding hydrogens is 365 g/mol. The van der Waals surface area contributed by atoms with Gasteiger partial charge < -0.3 is 5.32 Å². The van der Waals surface area contributed by atoms with E-state index in [1.165, 1.54) is 18.3 Å². The summed E-state index contributed by atoms with van der Waals surface area (Å²) in [5.74, 6) is -0.00977. The van der Waals surface area contributed by atoms with Gasteiger partial charge in [0.25, 0.3) is 5.69 Å². The maximum Gasteiger partial charge on any atom is 0.291 e. The molecule has 2 rings (SSSR count). The zero-order chi connectivity index (χ0) is 15.6. The van der Waals surface area contributed by atoms with Crippen molar-refractivity contribution in [1.82, 2.24) is 4.98 Å². The van der Waals surface area contributed by atoms with Gasteiger partial charge >= 0.3 is 0 Å². The molecule has 0 fully saturated rings. The summed E-state index contributed by atoms with van der Waals surface area (Å²) in [7, 11) is 0. The van der Waals surface area contributed by atoms with Crippen LogP contribution in [0.1, 0.15) is 11.1 Å². The summed E-state index contributed by atoms with van der Waals surface area (Å²) in [5, 5.41) is 13.9. The highest BCUT2D eigenvalue weighted by molar-refractivity contribution is 9.10. The van der Waals surface area contributed by atoms with Crippen LogP contribution in [0.15, 0.2) is 28.9 Å². The summed E-state index contributed by atoms with van der Waals surface area (Å²) in [4.78, 5) is 14.3. The predicted octanol–water partition coefficient (Wildman–Crippen LogP) is 4.47. The number of benzene rings is 1. The second-order valence-corrected chi connectivity index (χ2v) is 5.49. The van der Waals surface area contributed by atoms with Crippen molar-refractivity contribution in [3.63, 3.8) is 0 Å². The molecule has 5 nitrogen and oxygen atoms in total. The number of rotatable bonds is 4. The Balaban J connectivity index is 2.18. The van der Waals surface area contributed by atoms with Crippen molar-refractivity contribution in [2.75, 3.05) is 5.32 Å². The molecule has 1 N–H and O–H groups in total. The van der Waals surface area contributed by atoms with Crippen LogP contribution in [0.2, 0.25) is 5.02 Å². The summed E-state index contributed by atoms with van der Waals surface area (Å²) in [6, 6.07) is 4.39. The molecule has 1 heterocycles. The van der Waals surface area contributed by atoms with Gasteiger partial charge in [0.1, 0.15) is 17.8 Å². The molecule has 0 bridgehead atoms. The summed E-state index contributed by atoms with van der Waals surface area (Å²) in [5.41, 5.74) is 1.19. The molecule has 8 heteroatoms. The number of pyridine rings is 1. The van der Waals surface area contributed by atoms with E-state index in [-0.39, 0.29) is 10.7 Å². The molecule has 0 aliphatic carbocycles. The third-order valence-electron chi connectivity index (χ3n) is 2.88. The zero-order valence-corrected chi connectivity index (χ0v) is 13.2. The first kappa shape index (κ1) is 15.7. The number of nitro groups is 1. The fourth-order valence-electron chi connectivity index (χ4n) is 1.71. The standard InChI is InChI=1S/C13H10BrClFN3O2/c1-7-11(19(20)21)6-18-13(12(7)14)17-5-8-2-3-10(16)9(15)4-8/h2-4,6H,5H2,1H3,(H,17,18). The highest BCUT2D eigenvalue weighted by Crippen LogP contribution is 2.30. The Hall–Kier alpha value is -1.73. The van der Waals surface area contributed by atoms with Crippen LogP contribution in [0.25, 0.3) is 0 Å². The van der Waals surface area contributed by atoms with Crippen molar-refractivity contribution >= 4 is 39.0 Å². The van der Waals surface area contributed by atoms with Crippen LogP contribution in [0.5, 0.6) is 0 Å². The molecule has 0 aliphatic rings. The molecule has 0 unspecified atom stereocenters. The van der Waals surface area contributed by atoms with Crippen LogP contribution in [0.4, 0.5) is 15.9 Å². The van der Waals surface area contributed by atoms with Crippen molar-refractivity contribution in [2.45, 2.75) is 13.5 Å². The SMILES string of the molecule is Cc1c([N+](=O)[O-])cnc(NCc2ccc(F)c(Cl)c2)c1Br. The zero-order valence-electron chi connectivity index (χ0n) is 10.9. The largest absolute Gasteiger partial charge is 0.365 e. The third-order valence-corrected chi connectivity index (χ3v) is 4.14. The molecule has 0 radical (unpaired) electrons. The van der Waals surface area contributed by atoms with E-state index in [9.17, 15) is 14.5 Å². The number of hydrogen-bond acceptors (Lipinski definition) is 4. The number of nitrogens with one attached hydrogen (secondary N) is 1. The minimum atomic E-state index is -0.489. The van der Waals surface area contributed by atoms with E-state index in [0.29, 0.717) is 22.4 Å². The second kappa shape index (κ2) is 6.36. The summed E-state index contributed by atoms with van der Waals surface area (Å²) >= 11 is 8.99. The fourth-order valence-corrected chi connectivity index (χ4v) is 2.36. The average Bonchev–Trinajstić information content (AvgIpc) is 2.43. The number of aromatic nitrogens is 1. The Kier molecular flexibility index (Phi) is 4.74. The normalized spacial score (nSPS) is 10.5. The molecule has 0 spiro atoms. The van der Waals surface area contributed by atoms with E-state index in [4.69, 9.17) is 11.6 Å². The Morgan fingerprint density at radius 3 is 2.86 bits per heavy atom. The summed E-state index contributed by atoms with van der Waals surface area (Å²) in [6.45, 7) is 1.99. The van der Waals surface area contributed by atoms with Crippen LogP contribution in [0.3, 0.4) is 0 Å². The van der Waals surface area contributed by atoms with Crippen molar-refractivity contribution in [3.05, 3.63) is 60.9 Å². The Morgan fingerprint density at radius 2 is 2.24 bits per heavy atom. The minimum absolute atomic E-state index is 0.0428. The number of nitrogens with zero attached hydrogens (tertiary/aromatic N) is 2. The predicted molar refractivity (Wildman–Crippen MR) is 82.1 cm³/mol. The second-order valence-electron chi connectivity index (χ2n) is 4.29. The van der Waals surface area contributed by atoms with E-state index in [1.54, 1.807) is 13.0 Å². The highest BCUT2D eigenvalue weighted by Gasteiger charge is 2.17. The van der Waals surface area contributed by atoms with Gasteiger partial charge in [0.15, 0.2) is 0 Å². The lowest BCUT2D eigenvalue weighted by atomic mass is 10.2. The first-order chi connectivity index (χ1) is 9.90. The Bertz CT molecular complexity index is 712. The number of hydrogen-bond donors (Lipinski definition) is 1. The van der Waals surface area contributed by atoms with E-state index in [1.807, 2.05) is 0 Å². The van der Waals surface area contributed by atoms with Gasteiger partial charge in [-0.1, -0.05) is 17.7 Å². The quantitative estimate of drug-likeness (QED) is 0.633. The molecule has 0 atom stereocenters. The van der Waals surface area contributed by atoms with E-state index >= 15 is 0 Å². The molecule has 2 aromatic rings. The van der Waals surface area contributed by atoms with Gasteiger partial charge in [-0.05, 0) is 40.5 Å². The molecule has 0 amide bonds. The van der Waals surface area contributed by atoms with Crippen LogP contribution in [-0.4, -0.2) is 9.91 Å². The first-order valence-electron chi connectivity index (χ1n) is 5.87. The number of halogens is 3. The Labute approximate surface area is 133 Å². The highest BCUT2D eigenvalue weighted by atomic mass is 79.9. The molecule has 0 saturated heterocycles. The van der Waals surface area contributed by atoms with Crippen LogP contribution >= 0.6 is 27.5 Å². The smallest absolute Gasteiger partial charge is 0.291 e. The fraction of sp³-hybridized carbons (Fsp3) is 0.154. The molecule has 0 saturated carbocycles. The van der Waals surface area contributed by atoms with E-state index in [0.717, 1.165) is 5.56 Å². The van der Waals surface area contributed by atoms with E-state index in [2.05, 4.69) is 26.2 Å². The summed E-state index contributed by atoms with van der Waals surface area (Å²) < 4.78 is 13.6. The van der Waals surface area contributed by atoms with Gasteiger partial charge in [-0.2, -0.15) is 0 Å². The van der Waals surface area contributed by atoms with Crippen molar-refractivity contribution < 1.29 is 9.31 Å². The van der Waals surface area contributed by atoms with Gasteiger partial charge in [0, 0.05) is 12.1 Å². The lowest BCUT2D eigenvalue weighted by Gasteiger charge is -2.10. The van der Waals surface area contributed by atoms with Crippen molar-refractivity contribution in [1.29, 1.82) is 0 Å². The van der Waals surface area contributed by atoms with Crippen molar-refractivity contribution in [2.24, 2.45) is 0 Å². The van der Waals surface area contributed by atoms with Gasteiger partial charge in [-0.25, -0.2) is 9.37 Å². The number of anilines is 1. The summed E-state index contributed by atoms with van der Waals surface area (Å²) in [6.07, 6.45) is 1.19. The monoisotopic (exact) mass is 373 g/mol. The maximum atomic E-state index is 13.1. The molecule has 1 aromatic heterocycles. The molecule has 0 aliphatic heterocycles. The van der Waals surface area contributed by atoms with Gasteiger partial charge in [-0.3, -0.25) is 10.1 Å². The van der Waals surface area contributed by atoms with Gasteiger partial charge in [-0.15, -0.1) is 0 Å². The Morgan fingerprint density at radius 1 is 1.52 bits per heavy atom. The molecule has 110 valence electrons. The third kappa shape index (κ3) is 3.48. The maximum absolute atomic E-state index is 13.1. The topological polar surface area (TPSA) is 68.1 Å². The lowest BCUT2D eigenvalue weighted by molar-refractivity contribution is -0.385. The van der Waals surface area contributed by atoms with Crippen LogP contribution < -0.4 is 5.32 Å². The average molecular weight is 375 g/mol. The van der Waals surface area contributed by atoms with Crippen molar-refractivity contribution in [3.8, 4) is 0 Å². The van der Waals surface area contributed by atoms with Gasteiger partial charge in [0.2, 0.25) is 0 Å². The molecular formula is C13H10BrClFN3O2. The first-order valence-corrected chi connectivity index (χ1v) is 7.04. The molecule has 21 heavy (non-hydrogen) atoms. The van der Waals surface area contributed by atoms with Gasteiger partial charge in [0.05, 0.1) is 14.4 Å². The minimum Gasteiger partial charge on any atom is -0.365 e. The van der Waals surface area contributed by atoms with E-state index < -0.39 is 10.7 Å². The van der Waals surface area contributed by atoms with Crippen LogP contribution in [0, 0.1) is 22.9 Å². The van der Waals surface area contributed by atoms with Crippen LogP contribution in [-0.2, 0) is 6.54 Å². The molecule has 1 aromatic carbocycles.